The number of thiophene rings is 1. The van der Waals surface area contributed by atoms with Gasteiger partial charge in [0.15, 0.2) is 9.84 Å². The highest BCUT2D eigenvalue weighted by Crippen LogP contribution is 2.33. The number of H-pyrrole nitrogens is 1. The van der Waals surface area contributed by atoms with Gasteiger partial charge >= 0.3 is 0 Å². The number of aromatic amines is 1. The summed E-state index contributed by atoms with van der Waals surface area (Å²) >= 11 is 1.29. The molecule has 3 aromatic heterocycles. The van der Waals surface area contributed by atoms with Gasteiger partial charge in [-0.25, -0.2) is 13.4 Å². The zero-order valence-electron chi connectivity index (χ0n) is 10.8. The summed E-state index contributed by atoms with van der Waals surface area (Å²) in [5.74, 6) is 0.529. The van der Waals surface area contributed by atoms with Crippen LogP contribution < -0.4 is 5.56 Å². The number of aromatic nitrogens is 2. The molecule has 0 amide bonds. The third-order valence-corrected chi connectivity index (χ3v) is 6.42. The van der Waals surface area contributed by atoms with Crippen molar-refractivity contribution in [1.82, 2.24) is 9.97 Å². The number of hydrogen-bond acceptors (Lipinski definition) is 6. The summed E-state index contributed by atoms with van der Waals surface area (Å²) < 4.78 is 28.4. The molecule has 0 radical (unpaired) electrons. The van der Waals surface area contributed by atoms with Crippen molar-refractivity contribution < 1.29 is 12.8 Å². The molecule has 4 heterocycles. The average molecular weight is 322 g/mol. The van der Waals surface area contributed by atoms with Crippen LogP contribution in [0.4, 0.5) is 0 Å². The van der Waals surface area contributed by atoms with Crippen molar-refractivity contribution in [2.45, 2.75) is 12.2 Å². The summed E-state index contributed by atoms with van der Waals surface area (Å²) in [7, 11) is -3.05. The van der Waals surface area contributed by atoms with E-state index in [0.717, 1.165) is 10.4 Å². The summed E-state index contributed by atoms with van der Waals surface area (Å²) in [6.07, 6.45) is 3.39. The predicted molar refractivity (Wildman–Crippen MR) is 79.1 cm³/mol. The monoisotopic (exact) mass is 322 g/mol. The van der Waals surface area contributed by atoms with Gasteiger partial charge in [-0.15, -0.1) is 11.3 Å². The van der Waals surface area contributed by atoms with E-state index < -0.39 is 9.84 Å². The van der Waals surface area contributed by atoms with E-state index in [-0.39, 0.29) is 17.1 Å². The van der Waals surface area contributed by atoms with E-state index in [4.69, 9.17) is 4.42 Å². The van der Waals surface area contributed by atoms with Crippen LogP contribution in [0.25, 0.3) is 21.6 Å². The van der Waals surface area contributed by atoms with Crippen LogP contribution in [0.5, 0.6) is 0 Å². The number of rotatable bonds is 1. The highest BCUT2D eigenvalue weighted by molar-refractivity contribution is 7.90. The molecule has 1 aliphatic heterocycles. The number of fused-ring (bicyclic) bond motifs is 3. The number of hydrogen-bond donors (Lipinski definition) is 1. The van der Waals surface area contributed by atoms with E-state index in [0.29, 0.717) is 28.0 Å². The molecule has 21 heavy (non-hydrogen) atoms. The van der Waals surface area contributed by atoms with E-state index >= 15 is 0 Å². The van der Waals surface area contributed by atoms with Crippen LogP contribution in [0, 0.1) is 0 Å². The van der Waals surface area contributed by atoms with Gasteiger partial charge < -0.3 is 9.40 Å². The summed E-state index contributed by atoms with van der Waals surface area (Å²) in [6.45, 7) is 0. The number of furan rings is 1. The predicted octanol–water partition coefficient (Wildman–Crippen LogP) is 1.72. The van der Waals surface area contributed by atoms with Crippen molar-refractivity contribution in [2.75, 3.05) is 5.75 Å². The molecule has 0 fully saturated rings. The topological polar surface area (TPSA) is 93.0 Å². The number of nitrogens with one attached hydrogen (secondary N) is 1. The lowest BCUT2D eigenvalue weighted by Crippen LogP contribution is -2.19. The van der Waals surface area contributed by atoms with Crippen molar-refractivity contribution in [3.63, 3.8) is 0 Å². The van der Waals surface area contributed by atoms with Crippen LogP contribution >= 0.6 is 11.3 Å². The molecule has 0 aromatic carbocycles. The summed E-state index contributed by atoms with van der Waals surface area (Å²) in [5.41, 5.74) is 1.29. The molecule has 108 valence electrons. The highest BCUT2D eigenvalue weighted by Gasteiger charge is 2.27. The highest BCUT2D eigenvalue weighted by atomic mass is 32.2. The van der Waals surface area contributed by atoms with Crippen molar-refractivity contribution >= 4 is 31.4 Å². The molecule has 0 saturated heterocycles. The lowest BCUT2D eigenvalue weighted by Gasteiger charge is -2.11. The standard InChI is InChI=1S/C13H10N2O4S2/c16-12-10-8-2-4-21(17,18)6-9(8)20-13(10)15-11(14-12)7-1-3-19-5-7/h1,3,5H,2,4,6H2,(H,14,15,16). The first kappa shape index (κ1) is 12.8. The molecule has 0 spiro atoms. The lowest BCUT2D eigenvalue weighted by molar-refractivity contribution is 0.568. The fraction of sp³-hybridized carbons (Fsp3) is 0.231. The molecule has 1 aliphatic rings. The Morgan fingerprint density at radius 3 is 3.00 bits per heavy atom. The van der Waals surface area contributed by atoms with E-state index in [1.54, 1.807) is 6.07 Å². The first-order chi connectivity index (χ1) is 10.0. The Labute approximate surface area is 123 Å². The number of nitrogens with zero attached hydrogens (tertiary/aromatic N) is 1. The number of sulfone groups is 1. The second-order valence-corrected chi connectivity index (χ2v) is 8.22. The Bertz CT molecular complexity index is 997. The van der Waals surface area contributed by atoms with Crippen LogP contribution in [-0.4, -0.2) is 24.1 Å². The molecule has 3 aromatic rings. The number of aryl methyl sites for hydroxylation is 1. The SMILES string of the molecule is O=c1[nH]c(-c2ccoc2)nc2sc3c(c12)CCS(=O)(=O)C3. The summed E-state index contributed by atoms with van der Waals surface area (Å²) in [6, 6.07) is 1.71. The van der Waals surface area contributed by atoms with E-state index in [9.17, 15) is 13.2 Å². The average Bonchev–Trinajstić information content (AvgIpc) is 3.02. The third kappa shape index (κ3) is 2.02. The first-order valence-electron chi connectivity index (χ1n) is 6.31. The molecule has 0 aliphatic carbocycles. The summed E-state index contributed by atoms with van der Waals surface area (Å²) in [4.78, 5) is 20.8. The molecule has 4 rings (SSSR count). The molecule has 6 nitrogen and oxygen atoms in total. The van der Waals surface area contributed by atoms with Crippen LogP contribution in [0.1, 0.15) is 10.4 Å². The smallest absolute Gasteiger partial charge is 0.260 e. The van der Waals surface area contributed by atoms with Crippen LogP contribution in [-0.2, 0) is 22.0 Å². The largest absolute Gasteiger partial charge is 0.472 e. The van der Waals surface area contributed by atoms with Gasteiger partial charge in [0.05, 0.1) is 28.7 Å². The van der Waals surface area contributed by atoms with Gasteiger partial charge in [-0.2, -0.15) is 0 Å². The molecule has 0 saturated carbocycles. The second-order valence-electron chi connectivity index (χ2n) is 4.95. The second kappa shape index (κ2) is 4.28. The first-order valence-corrected chi connectivity index (χ1v) is 8.95. The van der Waals surface area contributed by atoms with Gasteiger partial charge in [0, 0.05) is 4.88 Å². The quantitative estimate of drug-likeness (QED) is 0.736. The maximum absolute atomic E-state index is 12.3. The fourth-order valence-corrected chi connectivity index (χ4v) is 5.58. The zero-order valence-corrected chi connectivity index (χ0v) is 12.4. The van der Waals surface area contributed by atoms with E-state index in [1.807, 2.05) is 0 Å². The fourth-order valence-electron chi connectivity index (χ4n) is 2.56. The Kier molecular flexibility index (Phi) is 2.61. The van der Waals surface area contributed by atoms with Gasteiger partial charge in [0.25, 0.3) is 5.56 Å². The van der Waals surface area contributed by atoms with Crippen molar-refractivity contribution in [3.05, 3.63) is 39.4 Å². The van der Waals surface area contributed by atoms with Crippen molar-refractivity contribution in [2.24, 2.45) is 0 Å². The van der Waals surface area contributed by atoms with Crippen LogP contribution in [0.15, 0.2) is 27.8 Å². The molecule has 0 bridgehead atoms. The van der Waals surface area contributed by atoms with Gasteiger partial charge in [-0.05, 0) is 18.1 Å². The molecule has 0 unspecified atom stereocenters. The molecule has 1 N–H and O–H groups in total. The van der Waals surface area contributed by atoms with Crippen molar-refractivity contribution in [1.29, 1.82) is 0 Å². The Morgan fingerprint density at radius 2 is 2.24 bits per heavy atom. The normalized spacial score (nSPS) is 17.0. The Balaban J connectivity index is 1.98. The van der Waals surface area contributed by atoms with Gasteiger partial charge in [0.1, 0.15) is 16.9 Å². The van der Waals surface area contributed by atoms with Gasteiger partial charge in [-0.3, -0.25) is 4.79 Å². The van der Waals surface area contributed by atoms with E-state index in [2.05, 4.69) is 9.97 Å². The zero-order chi connectivity index (χ0) is 14.6. The minimum atomic E-state index is -3.05. The van der Waals surface area contributed by atoms with Gasteiger partial charge in [-0.1, -0.05) is 0 Å². The van der Waals surface area contributed by atoms with Crippen molar-refractivity contribution in [3.8, 4) is 11.4 Å². The maximum atomic E-state index is 12.3. The third-order valence-electron chi connectivity index (χ3n) is 3.55. The maximum Gasteiger partial charge on any atom is 0.260 e. The van der Waals surface area contributed by atoms with Crippen LogP contribution in [0.2, 0.25) is 0 Å². The Hall–Kier alpha value is -1.93. The lowest BCUT2D eigenvalue weighted by atomic mass is 10.1. The minimum Gasteiger partial charge on any atom is -0.472 e. The molecular weight excluding hydrogens is 312 g/mol. The van der Waals surface area contributed by atoms with E-state index in [1.165, 1.54) is 23.9 Å². The Morgan fingerprint density at radius 1 is 1.38 bits per heavy atom. The van der Waals surface area contributed by atoms with Gasteiger partial charge in [0.2, 0.25) is 0 Å². The summed E-state index contributed by atoms with van der Waals surface area (Å²) in [5, 5.41) is 0.525. The van der Waals surface area contributed by atoms with Crippen LogP contribution in [0.3, 0.4) is 0 Å². The molecule has 0 atom stereocenters. The molecular formula is C13H10N2O4S2. The molecule has 8 heteroatoms. The minimum absolute atomic E-state index is 0.00381.